The van der Waals surface area contributed by atoms with Crippen LogP contribution in [0.3, 0.4) is 0 Å². The quantitative estimate of drug-likeness (QED) is 0.479. The maximum atomic E-state index is 10.9. The van der Waals surface area contributed by atoms with Crippen molar-refractivity contribution in [3.63, 3.8) is 0 Å². The van der Waals surface area contributed by atoms with E-state index in [0.717, 1.165) is 0 Å². The van der Waals surface area contributed by atoms with Crippen LogP contribution >= 0.6 is 0 Å². The minimum Gasteiger partial charge on any atom is -0.475 e. The molecule has 0 spiro atoms. The summed E-state index contributed by atoms with van der Waals surface area (Å²) in [6.07, 6.45) is -5.08. The Balaban J connectivity index is 0. The molecule has 0 rings (SSSR count). The summed E-state index contributed by atoms with van der Waals surface area (Å²) in [7, 11) is 0. The number of aliphatic carboxylic acids is 1. The van der Waals surface area contributed by atoms with Crippen molar-refractivity contribution in [2.75, 3.05) is 32.8 Å². The normalized spacial score (nSPS) is 10.3. The highest BCUT2D eigenvalue weighted by Gasteiger charge is 2.38. The Morgan fingerprint density at radius 3 is 1.61 bits per heavy atom. The summed E-state index contributed by atoms with van der Waals surface area (Å²) in [5, 5.41) is 24.1. The summed E-state index contributed by atoms with van der Waals surface area (Å²) >= 11 is 0. The van der Waals surface area contributed by atoms with Gasteiger partial charge >= 0.3 is 12.1 Å². The lowest BCUT2D eigenvalue weighted by Gasteiger charge is -2.19. The average Bonchev–Trinajstić information content (AvgIpc) is 2.27. The van der Waals surface area contributed by atoms with Gasteiger partial charge < -0.3 is 26.0 Å². The van der Waals surface area contributed by atoms with Gasteiger partial charge in [-0.25, -0.2) is 4.79 Å². The van der Waals surface area contributed by atoms with Crippen molar-refractivity contribution in [2.45, 2.75) is 6.18 Å². The lowest BCUT2D eigenvalue weighted by Crippen LogP contribution is -2.39. The molecule has 0 saturated heterocycles. The van der Waals surface area contributed by atoms with Crippen molar-refractivity contribution in [3.8, 4) is 0 Å². The molecule has 0 bridgehead atoms. The Morgan fingerprint density at radius 1 is 1.11 bits per heavy atom. The third-order valence-electron chi connectivity index (χ3n) is 1.51. The lowest BCUT2D eigenvalue weighted by molar-refractivity contribution is -0.192. The maximum Gasteiger partial charge on any atom is 0.490 e. The van der Waals surface area contributed by atoms with E-state index in [2.05, 4.69) is 0 Å². The number of alkyl halides is 3. The molecule has 0 aliphatic rings. The number of carbonyl (C=O) groups is 2. The Kier molecular flexibility index (Phi) is 10.1. The van der Waals surface area contributed by atoms with Crippen molar-refractivity contribution in [1.29, 1.82) is 0 Å². The number of nitrogens with two attached hydrogens (primary N) is 1. The van der Waals surface area contributed by atoms with Gasteiger partial charge in [-0.15, -0.1) is 0 Å². The molecule has 0 radical (unpaired) electrons. The second-order valence-electron chi connectivity index (χ2n) is 2.84. The molecular weight excluding hydrogens is 261 g/mol. The zero-order valence-electron chi connectivity index (χ0n) is 9.35. The second-order valence-corrected chi connectivity index (χ2v) is 2.84. The van der Waals surface area contributed by atoms with Gasteiger partial charge in [0.15, 0.2) is 0 Å². The van der Waals surface area contributed by atoms with Crippen molar-refractivity contribution in [2.24, 2.45) is 5.73 Å². The predicted octanol–water partition coefficient (Wildman–Crippen LogP) is -1.61. The molecule has 0 saturated carbocycles. The van der Waals surface area contributed by atoms with Crippen LogP contribution in [0.1, 0.15) is 0 Å². The van der Waals surface area contributed by atoms with Gasteiger partial charge in [0.25, 0.3) is 0 Å². The first-order valence-electron chi connectivity index (χ1n) is 4.70. The van der Waals surface area contributed by atoms with Gasteiger partial charge in [0.05, 0.1) is 19.8 Å². The molecule has 0 aliphatic carbocycles. The van der Waals surface area contributed by atoms with Crippen LogP contribution in [0.25, 0.3) is 0 Å². The van der Waals surface area contributed by atoms with E-state index in [0.29, 0.717) is 0 Å². The third-order valence-corrected chi connectivity index (χ3v) is 1.51. The van der Waals surface area contributed by atoms with Crippen LogP contribution in [0.15, 0.2) is 0 Å². The molecule has 5 N–H and O–H groups in total. The van der Waals surface area contributed by atoms with E-state index in [-0.39, 0.29) is 38.8 Å². The molecule has 0 unspecified atom stereocenters. The number of hydrogen-bond acceptors (Lipinski definition) is 5. The smallest absolute Gasteiger partial charge is 0.475 e. The van der Waals surface area contributed by atoms with E-state index >= 15 is 0 Å². The van der Waals surface area contributed by atoms with Crippen molar-refractivity contribution in [1.82, 2.24) is 4.90 Å². The van der Waals surface area contributed by atoms with E-state index in [1.165, 1.54) is 4.90 Å². The van der Waals surface area contributed by atoms with Gasteiger partial charge in [-0.1, -0.05) is 0 Å². The summed E-state index contributed by atoms with van der Waals surface area (Å²) in [4.78, 5) is 21.1. The highest BCUT2D eigenvalue weighted by Crippen LogP contribution is 2.13. The number of rotatable bonds is 5. The van der Waals surface area contributed by atoms with Crippen LogP contribution in [0.2, 0.25) is 0 Å². The molecule has 0 aromatic heterocycles. The Bertz CT molecular complexity index is 254. The number of hydrogen-bond donors (Lipinski definition) is 4. The molecule has 0 aromatic carbocycles. The van der Waals surface area contributed by atoms with E-state index in [9.17, 15) is 18.0 Å². The molecule has 18 heavy (non-hydrogen) atoms. The van der Waals surface area contributed by atoms with E-state index < -0.39 is 12.1 Å². The Hall–Kier alpha value is -1.39. The number of aliphatic hydroxyl groups excluding tert-OH is 2. The highest BCUT2D eigenvalue weighted by molar-refractivity contribution is 5.77. The predicted molar refractivity (Wildman–Crippen MR) is 53.5 cm³/mol. The first kappa shape index (κ1) is 19.0. The SMILES string of the molecule is NCC(=O)N(CCO)CCO.O=C(O)C(F)(F)F. The fourth-order valence-corrected chi connectivity index (χ4v) is 0.732. The summed E-state index contributed by atoms with van der Waals surface area (Å²) in [5.74, 6) is -3.01. The fraction of sp³-hybridized carbons (Fsp3) is 0.750. The summed E-state index contributed by atoms with van der Waals surface area (Å²) in [6.45, 7) is 0.171. The first-order valence-corrected chi connectivity index (χ1v) is 4.70. The number of carboxylic acid groups (broad SMARTS) is 1. The molecule has 7 nitrogen and oxygen atoms in total. The van der Waals surface area contributed by atoms with E-state index in [4.69, 9.17) is 25.8 Å². The van der Waals surface area contributed by atoms with Gasteiger partial charge in [-0.05, 0) is 0 Å². The molecule has 0 aromatic rings. The number of nitrogens with zero attached hydrogens (tertiary/aromatic N) is 1. The Labute approximate surface area is 101 Å². The van der Waals surface area contributed by atoms with Crippen LogP contribution in [-0.4, -0.2) is 71.1 Å². The zero-order chi connectivity index (χ0) is 14.8. The fourth-order valence-electron chi connectivity index (χ4n) is 0.732. The molecule has 0 heterocycles. The first-order chi connectivity index (χ1) is 8.20. The number of amides is 1. The maximum absolute atomic E-state index is 10.9. The average molecular weight is 276 g/mol. The van der Waals surface area contributed by atoms with Crippen LogP contribution in [0.4, 0.5) is 13.2 Å². The second kappa shape index (κ2) is 9.62. The van der Waals surface area contributed by atoms with Gasteiger partial charge in [-0.2, -0.15) is 13.2 Å². The highest BCUT2D eigenvalue weighted by atomic mass is 19.4. The monoisotopic (exact) mass is 276 g/mol. The van der Waals surface area contributed by atoms with Crippen LogP contribution < -0.4 is 5.73 Å². The van der Waals surface area contributed by atoms with Gasteiger partial charge in [0, 0.05) is 13.1 Å². The zero-order valence-corrected chi connectivity index (χ0v) is 9.35. The number of aliphatic hydroxyl groups is 2. The number of halogens is 3. The number of carbonyl (C=O) groups excluding carboxylic acids is 1. The topological polar surface area (TPSA) is 124 Å². The van der Waals surface area contributed by atoms with Crippen molar-refractivity contribution >= 4 is 11.9 Å². The molecule has 0 aliphatic heterocycles. The van der Waals surface area contributed by atoms with Gasteiger partial charge in [-0.3, -0.25) is 4.79 Å². The molecule has 1 amide bonds. The van der Waals surface area contributed by atoms with Crippen LogP contribution in [0, 0.1) is 0 Å². The molecule has 10 heteroatoms. The molecule has 0 atom stereocenters. The number of carboxylic acids is 1. The van der Waals surface area contributed by atoms with Crippen molar-refractivity contribution < 1.29 is 38.1 Å². The third kappa shape index (κ3) is 9.81. The largest absolute Gasteiger partial charge is 0.490 e. The summed E-state index contributed by atoms with van der Waals surface area (Å²) in [5.41, 5.74) is 5.08. The lowest BCUT2D eigenvalue weighted by atomic mass is 10.4. The van der Waals surface area contributed by atoms with Gasteiger partial charge in [0.1, 0.15) is 0 Å². The van der Waals surface area contributed by atoms with Crippen LogP contribution in [-0.2, 0) is 9.59 Å². The van der Waals surface area contributed by atoms with Crippen molar-refractivity contribution in [3.05, 3.63) is 0 Å². The van der Waals surface area contributed by atoms with E-state index in [1.807, 2.05) is 0 Å². The minimum atomic E-state index is -5.08. The van der Waals surface area contributed by atoms with Crippen LogP contribution in [0.5, 0.6) is 0 Å². The standard InChI is InChI=1S/C6H14N2O3.C2HF3O2/c7-5-6(11)8(1-3-9)2-4-10;3-2(4,5)1(6)7/h9-10H,1-5,7H2;(H,6,7). The molecule has 0 fully saturated rings. The molecular formula is C8H15F3N2O5. The summed E-state index contributed by atoms with van der Waals surface area (Å²) < 4.78 is 31.7. The van der Waals surface area contributed by atoms with E-state index in [1.54, 1.807) is 0 Å². The minimum absolute atomic E-state index is 0.0833. The molecule has 108 valence electrons. The van der Waals surface area contributed by atoms with Gasteiger partial charge in [0.2, 0.25) is 5.91 Å². The Morgan fingerprint density at radius 2 is 1.44 bits per heavy atom. The summed E-state index contributed by atoms with van der Waals surface area (Å²) in [6, 6.07) is 0.